The fourth-order valence-corrected chi connectivity index (χ4v) is 6.27. The topological polar surface area (TPSA) is 108 Å². The molecule has 0 bridgehead atoms. The minimum Gasteiger partial charge on any atom is -0.345 e. The van der Waals surface area contributed by atoms with Gasteiger partial charge in [0.1, 0.15) is 12.1 Å². The second-order valence-corrected chi connectivity index (χ2v) is 11.0. The van der Waals surface area contributed by atoms with Crippen LogP contribution in [-0.4, -0.2) is 48.1 Å². The molecule has 2 aromatic rings. The highest BCUT2D eigenvalue weighted by Gasteiger charge is 2.47. The maximum Gasteiger partial charge on any atom is 0.243 e. The Morgan fingerprint density at radius 2 is 1.91 bits per heavy atom. The molecule has 1 saturated heterocycles. The Morgan fingerprint density at radius 3 is 2.56 bits per heavy atom. The number of nitrogens with one attached hydrogen (secondary N) is 2. The lowest BCUT2D eigenvalue weighted by atomic mass is 10.0. The third-order valence-corrected chi connectivity index (χ3v) is 8.57. The van der Waals surface area contributed by atoms with Crippen molar-refractivity contribution in [1.29, 1.82) is 0 Å². The van der Waals surface area contributed by atoms with Gasteiger partial charge in [0.25, 0.3) is 0 Å². The zero-order valence-corrected chi connectivity index (χ0v) is 20.3. The number of carbonyl (C=O) groups is 2. The third-order valence-electron chi connectivity index (χ3n) is 6.64. The van der Waals surface area contributed by atoms with Crippen LogP contribution in [0.15, 0.2) is 59.8 Å². The first-order valence-corrected chi connectivity index (χ1v) is 13.4. The molecule has 2 atom stereocenters. The molecule has 1 aliphatic heterocycles. The number of aromatic nitrogens is 1. The molecular weight excluding hydrogens is 452 g/mol. The van der Waals surface area contributed by atoms with Crippen molar-refractivity contribution < 1.29 is 18.0 Å². The Labute approximate surface area is 201 Å². The number of amides is 2. The zero-order valence-electron chi connectivity index (χ0n) is 19.4. The molecule has 0 unspecified atom stereocenters. The predicted octanol–water partition coefficient (Wildman–Crippen LogP) is 2.72. The minimum absolute atomic E-state index is 0.171. The second-order valence-electron chi connectivity index (χ2n) is 9.10. The van der Waals surface area contributed by atoms with E-state index in [0.29, 0.717) is 25.7 Å². The number of sulfonamides is 1. The van der Waals surface area contributed by atoms with Crippen molar-refractivity contribution in [2.45, 2.75) is 74.4 Å². The fraction of sp³-hybridized carbons (Fsp3) is 0.480. The van der Waals surface area contributed by atoms with E-state index in [1.54, 1.807) is 42.7 Å². The molecule has 182 valence electrons. The normalized spacial score (nSPS) is 20.8. The van der Waals surface area contributed by atoms with Gasteiger partial charge in [-0.05, 0) is 55.9 Å². The summed E-state index contributed by atoms with van der Waals surface area (Å²) in [7, 11) is -3.81. The highest BCUT2D eigenvalue weighted by molar-refractivity contribution is 7.89. The summed E-state index contributed by atoms with van der Waals surface area (Å²) in [6, 6.07) is 10.4. The third kappa shape index (κ3) is 5.15. The van der Waals surface area contributed by atoms with Gasteiger partial charge in [0, 0.05) is 18.9 Å². The Kier molecular flexibility index (Phi) is 7.33. The SMILES string of the molecule is CCC[C@@H](NC(=O)[C@@H]1CCCCN1S(=O)(=O)c1ccccc1)C(=O)NC1(c2cccnc2)CC1. The van der Waals surface area contributed by atoms with E-state index in [1.165, 1.54) is 4.31 Å². The quantitative estimate of drug-likeness (QED) is 0.569. The van der Waals surface area contributed by atoms with Gasteiger partial charge in [-0.3, -0.25) is 14.6 Å². The van der Waals surface area contributed by atoms with Crippen LogP contribution < -0.4 is 10.6 Å². The second kappa shape index (κ2) is 10.2. The van der Waals surface area contributed by atoms with Gasteiger partial charge in [-0.1, -0.05) is 44.0 Å². The van der Waals surface area contributed by atoms with E-state index >= 15 is 0 Å². The molecule has 9 heteroatoms. The van der Waals surface area contributed by atoms with E-state index in [0.717, 1.165) is 24.8 Å². The summed E-state index contributed by atoms with van der Waals surface area (Å²) < 4.78 is 27.8. The molecule has 2 heterocycles. The molecule has 1 saturated carbocycles. The zero-order chi connectivity index (χ0) is 24.2. The van der Waals surface area contributed by atoms with Crippen molar-refractivity contribution in [1.82, 2.24) is 19.9 Å². The number of carbonyl (C=O) groups excluding carboxylic acids is 2. The number of benzene rings is 1. The number of nitrogens with zero attached hydrogens (tertiary/aromatic N) is 2. The average molecular weight is 485 g/mol. The van der Waals surface area contributed by atoms with Gasteiger partial charge in [0.15, 0.2) is 0 Å². The van der Waals surface area contributed by atoms with E-state index in [2.05, 4.69) is 15.6 Å². The van der Waals surface area contributed by atoms with Crippen LogP contribution in [0.25, 0.3) is 0 Å². The molecule has 34 heavy (non-hydrogen) atoms. The van der Waals surface area contributed by atoms with E-state index < -0.39 is 33.6 Å². The molecule has 2 N–H and O–H groups in total. The predicted molar refractivity (Wildman–Crippen MR) is 128 cm³/mol. The summed E-state index contributed by atoms with van der Waals surface area (Å²) >= 11 is 0. The highest BCUT2D eigenvalue weighted by atomic mass is 32.2. The van der Waals surface area contributed by atoms with Crippen LogP contribution in [0, 0.1) is 0 Å². The van der Waals surface area contributed by atoms with E-state index in [4.69, 9.17) is 0 Å². The molecular formula is C25H32N4O4S. The van der Waals surface area contributed by atoms with Crippen LogP contribution in [0.5, 0.6) is 0 Å². The number of hydrogen-bond donors (Lipinski definition) is 2. The molecule has 1 aromatic carbocycles. The summed E-state index contributed by atoms with van der Waals surface area (Å²) in [6.07, 6.45) is 8.16. The lowest BCUT2D eigenvalue weighted by Gasteiger charge is -2.34. The number of rotatable bonds is 9. The number of piperidine rings is 1. The highest BCUT2D eigenvalue weighted by Crippen LogP contribution is 2.45. The van der Waals surface area contributed by atoms with Crippen molar-refractivity contribution in [3.8, 4) is 0 Å². The van der Waals surface area contributed by atoms with Crippen LogP contribution >= 0.6 is 0 Å². The average Bonchev–Trinajstić information content (AvgIpc) is 3.65. The standard InChI is InChI=1S/C25H32N4O4S/c1-2-9-21(23(30)28-25(14-15-25)19-10-8-16-26-18-19)27-24(31)22-13-6-7-17-29(22)34(32,33)20-11-4-3-5-12-20/h3-5,8,10-12,16,18,21-22H,2,6-7,9,13-15,17H2,1H3,(H,27,31)(H,28,30)/t21-,22+/m1/s1. The minimum atomic E-state index is -3.81. The van der Waals surface area contributed by atoms with Crippen molar-refractivity contribution in [3.05, 3.63) is 60.4 Å². The van der Waals surface area contributed by atoms with E-state index in [9.17, 15) is 18.0 Å². The first-order chi connectivity index (χ1) is 16.4. The van der Waals surface area contributed by atoms with Crippen molar-refractivity contribution >= 4 is 21.8 Å². The molecule has 1 aromatic heterocycles. The van der Waals surface area contributed by atoms with Crippen LogP contribution in [0.4, 0.5) is 0 Å². The Bertz CT molecular complexity index is 1100. The molecule has 0 radical (unpaired) electrons. The molecule has 8 nitrogen and oxygen atoms in total. The monoisotopic (exact) mass is 484 g/mol. The van der Waals surface area contributed by atoms with Gasteiger partial charge >= 0.3 is 0 Å². The van der Waals surface area contributed by atoms with E-state index in [1.807, 2.05) is 19.1 Å². The number of hydrogen-bond acceptors (Lipinski definition) is 5. The van der Waals surface area contributed by atoms with Crippen LogP contribution in [0.1, 0.15) is 57.4 Å². The van der Waals surface area contributed by atoms with Gasteiger partial charge in [0.05, 0.1) is 10.4 Å². The summed E-state index contributed by atoms with van der Waals surface area (Å²) in [5.74, 6) is -0.663. The van der Waals surface area contributed by atoms with Crippen molar-refractivity contribution in [3.63, 3.8) is 0 Å². The molecule has 2 amide bonds. The van der Waals surface area contributed by atoms with Gasteiger partial charge in [-0.15, -0.1) is 0 Å². The molecule has 0 spiro atoms. The Hall–Kier alpha value is -2.78. The first-order valence-electron chi connectivity index (χ1n) is 12.0. The van der Waals surface area contributed by atoms with Gasteiger partial charge in [0.2, 0.25) is 21.8 Å². The summed E-state index contributed by atoms with van der Waals surface area (Å²) in [6.45, 7) is 2.23. The maximum absolute atomic E-state index is 13.3. The van der Waals surface area contributed by atoms with Crippen molar-refractivity contribution in [2.24, 2.45) is 0 Å². The molecule has 1 aliphatic carbocycles. The molecule has 2 fully saturated rings. The summed E-state index contributed by atoms with van der Waals surface area (Å²) in [4.78, 5) is 30.9. The summed E-state index contributed by atoms with van der Waals surface area (Å²) in [5.41, 5.74) is 0.521. The number of pyridine rings is 1. The van der Waals surface area contributed by atoms with Crippen LogP contribution in [0.3, 0.4) is 0 Å². The summed E-state index contributed by atoms with van der Waals surface area (Å²) in [5, 5.41) is 5.99. The first kappa shape index (κ1) is 24.3. The Morgan fingerprint density at radius 1 is 1.15 bits per heavy atom. The largest absolute Gasteiger partial charge is 0.345 e. The molecule has 2 aliphatic rings. The Balaban J connectivity index is 1.48. The van der Waals surface area contributed by atoms with Gasteiger partial charge < -0.3 is 10.6 Å². The van der Waals surface area contributed by atoms with Crippen molar-refractivity contribution in [2.75, 3.05) is 6.54 Å². The lowest BCUT2D eigenvalue weighted by Crippen LogP contribution is -2.56. The van der Waals surface area contributed by atoms with Gasteiger partial charge in [-0.25, -0.2) is 8.42 Å². The maximum atomic E-state index is 13.3. The van der Waals surface area contributed by atoms with E-state index in [-0.39, 0.29) is 17.3 Å². The molecule has 4 rings (SSSR count). The van der Waals surface area contributed by atoms with Crippen LogP contribution in [0.2, 0.25) is 0 Å². The van der Waals surface area contributed by atoms with Crippen LogP contribution in [-0.2, 0) is 25.2 Å². The van der Waals surface area contributed by atoms with Gasteiger partial charge in [-0.2, -0.15) is 4.31 Å². The smallest absolute Gasteiger partial charge is 0.243 e. The fourth-order valence-electron chi connectivity index (χ4n) is 4.59. The lowest BCUT2D eigenvalue weighted by molar-refractivity contribution is -0.132.